The summed E-state index contributed by atoms with van der Waals surface area (Å²) in [7, 11) is 0.339. The van der Waals surface area contributed by atoms with Gasteiger partial charge in [-0.15, -0.1) is 0 Å². The maximum atomic E-state index is 11.7. The second-order valence-corrected chi connectivity index (χ2v) is 8.83. The molecule has 1 aliphatic rings. The molecule has 3 rings (SSSR count). The number of nitrogens with zero attached hydrogens (tertiary/aromatic N) is 4. The molecule has 0 amide bonds. The highest BCUT2D eigenvalue weighted by molar-refractivity contribution is 7.89. The highest BCUT2D eigenvalue weighted by Gasteiger charge is 2.21. The smallest absolute Gasteiger partial charge is 0.238 e. The average molecular weight is 405 g/mol. The van der Waals surface area contributed by atoms with E-state index in [1.807, 2.05) is 26.2 Å². The lowest BCUT2D eigenvalue weighted by molar-refractivity contribution is 0.425. The van der Waals surface area contributed by atoms with E-state index in [0.717, 1.165) is 55.1 Å². The van der Waals surface area contributed by atoms with Crippen LogP contribution in [0.2, 0.25) is 0 Å². The molecule has 1 aromatic heterocycles. The van der Waals surface area contributed by atoms with Crippen molar-refractivity contribution in [3.63, 3.8) is 0 Å². The Balaban J connectivity index is 1.84. The second kappa shape index (κ2) is 8.42. The summed E-state index contributed by atoms with van der Waals surface area (Å²) in [6.07, 6.45) is 1.65. The standard InChI is InChI=1S/C19H28N6O2S/c1-4-16-12-18(23-19(22-16)21-8-10-24(2)3)25-9-7-14-5-6-17(28(20,26)27)11-15(14)13-25/h5-6,11-12H,4,7-10,13H2,1-3H3,(H2,20,26,27)(H,21,22,23). The van der Waals surface area contributed by atoms with Crippen molar-refractivity contribution in [2.24, 2.45) is 5.14 Å². The number of benzene rings is 1. The Morgan fingerprint density at radius 2 is 2.00 bits per heavy atom. The Kier molecular flexibility index (Phi) is 6.17. The first-order chi connectivity index (χ1) is 13.3. The predicted octanol–water partition coefficient (Wildman–Crippen LogP) is 1.22. The van der Waals surface area contributed by atoms with E-state index in [4.69, 9.17) is 5.14 Å². The Hall–Kier alpha value is -2.23. The lowest BCUT2D eigenvalue weighted by atomic mass is 10.00. The third kappa shape index (κ3) is 4.98. The van der Waals surface area contributed by atoms with Crippen molar-refractivity contribution in [3.8, 4) is 0 Å². The van der Waals surface area contributed by atoms with Gasteiger partial charge in [-0.05, 0) is 50.2 Å². The van der Waals surface area contributed by atoms with Gasteiger partial charge in [-0.1, -0.05) is 13.0 Å². The third-order valence-electron chi connectivity index (χ3n) is 4.81. The highest BCUT2D eigenvalue weighted by atomic mass is 32.2. The summed E-state index contributed by atoms with van der Waals surface area (Å²) in [5.74, 6) is 1.48. The molecule has 2 aromatic rings. The summed E-state index contributed by atoms with van der Waals surface area (Å²) in [6, 6.07) is 7.12. The largest absolute Gasteiger partial charge is 0.353 e. The SMILES string of the molecule is CCc1cc(N2CCc3ccc(S(N)(=O)=O)cc3C2)nc(NCCN(C)C)n1. The van der Waals surface area contributed by atoms with E-state index in [-0.39, 0.29) is 4.90 Å². The molecule has 0 fully saturated rings. The first-order valence-corrected chi connectivity index (χ1v) is 11.0. The summed E-state index contributed by atoms with van der Waals surface area (Å²) in [5.41, 5.74) is 3.09. The van der Waals surface area contributed by atoms with Crippen LogP contribution >= 0.6 is 0 Å². The highest BCUT2D eigenvalue weighted by Crippen LogP contribution is 2.26. The van der Waals surface area contributed by atoms with Gasteiger partial charge in [0.25, 0.3) is 0 Å². The molecule has 0 spiro atoms. The number of aryl methyl sites for hydroxylation is 1. The number of nitrogens with one attached hydrogen (secondary N) is 1. The number of nitrogens with two attached hydrogens (primary N) is 1. The molecule has 0 unspecified atom stereocenters. The Labute approximate surface area is 166 Å². The molecule has 0 bridgehead atoms. The molecule has 0 saturated carbocycles. The van der Waals surface area contributed by atoms with Crippen molar-refractivity contribution < 1.29 is 8.42 Å². The van der Waals surface area contributed by atoms with Crippen molar-refractivity contribution in [3.05, 3.63) is 41.1 Å². The lowest BCUT2D eigenvalue weighted by Gasteiger charge is -2.30. The summed E-state index contributed by atoms with van der Waals surface area (Å²) in [5, 5.41) is 8.58. The van der Waals surface area contributed by atoms with Crippen LogP contribution in [-0.2, 0) is 29.4 Å². The van der Waals surface area contributed by atoms with Gasteiger partial charge in [-0.3, -0.25) is 0 Å². The van der Waals surface area contributed by atoms with E-state index in [0.29, 0.717) is 12.5 Å². The number of primary sulfonamides is 1. The van der Waals surface area contributed by atoms with Gasteiger partial charge in [0.1, 0.15) is 5.82 Å². The molecule has 9 heteroatoms. The number of fused-ring (bicyclic) bond motifs is 1. The normalized spacial score (nSPS) is 14.2. The minimum Gasteiger partial charge on any atom is -0.353 e. The van der Waals surface area contributed by atoms with Gasteiger partial charge in [-0.2, -0.15) is 4.98 Å². The quantitative estimate of drug-likeness (QED) is 0.715. The fraction of sp³-hybridized carbons (Fsp3) is 0.474. The van der Waals surface area contributed by atoms with Crippen LogP contribution in [0.15, 0.2) is 29.2 Å². The average Bonchev–Trinajstić information content (AvgIpc) is 2.65. The van der Waals surface area contributed by atoms with Crippen LogP contribution in [0.1, 0.15) is 23.7 Å². The first-order valence-electron chi connectivity index (χ1n) is 9.42. The van der Waals surface area contributed by atoms with Gasteiger partial charge in [0.2, 0.25) is 16.0 Å². The van der Waals surface area contributed by atoms with E-state index in [1.54, 1.807) is 12.1 Å². The monoisotopic (exact) mass is 404 g/mol. The molecule has 0 radical (unpaired) electrons. The molecule has 0 saturated heterocycles. The Bertz CT molecular complexity index is 945. The zero-order chi connectivity index (χ0) is 20.3. The van der Waals surface area contributed by atoms with Gasteiger partial charge >= 0.3 is 0 Å². The van der Waals surface area contributed by atoms with Crippen LogP contribution in [0.3, 0.4) is 0 Å². The molecule has 28 heavy (non-hydrogen) atoms. The summed E-state index contributed by atoms with van der Waals surface area (Å²) < 4.78 is 23.4. The van der Waals surface area contributed by atoms with Gasteiger partial charge in [0.15, 0.2) is 0 Å². The third-order valence-corrected chi connectivity index (χ3v) is 5.72. The lowest BCUT2D eigenvalue weighted by Crippen LogP contribution is -2.32. The zero-order valence-corrected chi connectivity index (χ0v) is 17.5. The van der Waals surface area contributed by atoms with Gasteiger partial charge in [0, 0.05) is 37.9 Å². The number of likely N-dealkylation sites (N-methyl/N-ethyl adjacent to an activating group) is 1. The molecule has 0 aliphatic carbocycles. The van der Waals surface area contributed by atoms with Crippen LogP contribution in [-0.4, -0.2) is 57.0 Å². The number of sulfonamides is 1. The fourth-order valence-corrected chi connectivity index (χ4v) is 3.77. The Morgan fingerprint density at radius 3 is 2.68 bits per heavy atom. The maximum absolute atomic E-state index is 11.7. The molecular weight excluding hydrogens is 376 g/mol. The minimum absolute atomic E-state index is 0.149. The number of hydrogen-bond acceptors (Lipinski definition) is 7. The van der Waals surface area contributed by atoms with E-state index in [9.17, 15) is 8.42 Å². The molecular formula is C19H28N6O2S. The van der Waals surface area contributed by atoms with E-state index >= 15 is 0 Å². The van der Waals surface area contributed by atoms with Crippen molar-refractivity contribution >= 4 is 21.8 Å². The van der Waals surface area contributed by atoms with Gasteiger partial charge in [-0.25, -0.2) is 18.5 Å². The van der Waals surface area contributed by atoms with Crippen molar-refractivity contribution in [1.82, 2.24) is 14.9 Å². The minimum atomic E-state index is -3.71. The first kappa shape index (κ1) is 20.5. The van der Waals surface area contributed by atoms with Crippen molar-refractivity contribution in [2.45, 2.75) is 31.2 Å². The van der Waals surface area contributed by atoms with Crippen LogP contribution in [0.4, 0.5) is 11.8 Å². The fourth-order valence-electron chi connectivity index (χ4n) is 3.20. The van der Waals surface area contributed by atoms with Crippen LogP contribution in [0.5, 0.6) is 0 Å². The molecule has 1 aliphatic heterocycles. The van der Waals surface area contributed by atoms with Crippen molar-refractivity contribution in [2.75, 3.05) is 43.9 Å². The Morgan fingerprint density at radius 1 is 1.21 bits per heavy atom. The van der Waals surface area contributed by atoms with Crippen LogP contribution in [0.25, 0.3) is 0 Å². The number of hydrogen-bond donors (Lipinski definition) is 2. The molecule has 1 aromatic carbocycles. The number of aromatic nitrogens is 2. The van der Waals surface area contributed by atoms with E-state index < -0.39 is 10.0 Å². The second-order valence-electron chi connectivity index (χ2n) is 7.27. The molecule has 2 heterocycles. The van der Waals surface area contributed by atoms with Gasteiger partial charge in [0.05, 0.1) is 4.90 Å². The van der Waals surface area contributed by atoms with Crippen molar-refractivity contribution in [1.29, 1.82) is 0 Å². The number of rotatable bonds is 7. The molecule has 152 valence electrons. The predicted molar refractivity (Wildman–Crippen MR) is 111 cm³/mol. The summed E-state index contributed by atoms with van der Waals surface area (Å²) in [4.78, 5) is 13.7. The van der Waals surface area contributed by atoms with E-state index in [2.05, 4.69) is 32.0 Å². The molecule has 8 nitrogen and oxygen atoms in total. The summed E-state index contributed by atoms with van der Waals surface area (Å²) in [6.45, 7) is 5.14. The maximum Gasteiger partial charge on any atom is 0.238 e. The molecule has 0 atom stereocenters. The summed E-state index contributed by atoms with van der Waals surface area (Å²) >= 11 is 0. The zero-order valence-electron chi connectivity index (χ0n) is 16.6. The van der Waals surface area contributed by atoms with Gasteiger partial charge < -0.3 is 15.1 Å². The molecule has 3 N–H and O–H groups in total. The number of anilines is 2. The topological polar surface area (TPSA) is 104 Å². The van der Waals surface area contributed by atoms with Crippen LogP contribution < -0.4 is 15.4 Å². The van der Waals surface area contributed by atoms with Crippen LogP contribution in [0, 0.1) is 0 Å². The van der Waals surface area contributed by atoms with E-state index in [1.165, 1.54) is 0 Å².